The molecule has 0 aliphatic carbocycles. The van der Waals surface area contributed by atoms with Gasteiger partial charge in [0.25, 0.3) is 11.8 Å². The third-order valence-electron chi connectivity index (χ3n) is 4.48. The fourth-order valence-corrected chi connectivity index (χ4v) is 3.12. The Morgan fingerprint density at radius 3 is 2.51 bits per heavy atom. The molecule has 3 aromatic rings. The standard InChI is InChI=1S/C21H18ClF3N6O4/c1-3-35-20(34)29-28-18(32)12-7-4-6-11(2)16(12)27-19(33)14-10-15(21(23,24)25)30-31(14)17-13(22)8-5-9-26-17/h4-10H,3H2,1-2H3,(H,27,33)(H,28,32)(H,29,34). The predicted molar refractivity (Wildman–Crippen MR) is 118 cm³/mol. The molecule has 0 atom stereocenters. The summed E-state index contributed by atoms with van der Waals surface area (Å²) in [7, 11) is 0. The molecule has 0 saturated heterocycles. The number of hydrogen-bond acceptors (Lipinski definition) is 6. The minimum Gasteiger partial charge on any atom is -0.449 e. The first kappa shape index (κ1) is 25.5. The summed E-state index contributed by atoms with van der Waals surface area (Å²) in [6, 6.07) is 7.81. The molecule has 3 amide bonds. The molecule has 0 aliphatic heterocycles. The van der Waals surface area contributed by atoms with Gasteiger partial charge in [0.05, 0.1) is 22.9 Å². The summed E-state index contributed by atoms with van der Waals surface area (Å²) in [5.74, 6) is -2.03. The van der Waals surface area contributed by atoms with E-state index in [1.807, 2.05) is 5.43 Å². The molecule has 0 unspecified atom stereocenters. The minimum absolute atomic E-state index is 0.00548. The number of alkyl halides is 3. The molecule has 2 heterocycles. The molecule has 1 aromatic carbocycles. The van der Waals surface area contributed by atoms with Gasteiger partial charge in [-0.2, -0.15) is 18.3 Å². The van der Waals surface area contributed by atoms with Crippen LogP contribution in [0.25, 0.3) is 5.82 Å². The summed E-state index contributed by atoms with van der Waals surface area (Å²) in [6.45, 7) is 3.21. The molecule has 0 bridgehead atoms. The summed E-state index contributed by atoms with van der Waals surface area (Å²) >= 11 is 6.06. The van der Waals surface area contributed by atoms with E-state index in [0.29, 0.717) is 16.3 Å². The molecule has 3 rings (SSSR count). The van der Waals surface area contributed by atoms with E-state index in [-0.39, 0.29) is 28.7 Å². The summed E-state index contributed by atoms with van der Waals surface area (Å²) in [4.78, 5) is 41.1. The van der Waals surface area contributed by atoms with E-state index in [1.54, 1.807) is 19.9 Å². The fraction of sp³-hybridized carbons (Fsp3) is 0.190. The highest BCUT2D eigenvalue weighted by atomic mass is 35.5. The maximum Gasteiger partial charge on any atom is 0.435 e. The Balaban J connectivity index is 1.97. The van der Waals surface area contributed by atoms with Crippen molar-refractivity contribution in [1.29, 1.82) is 0 Å². The minimum atomic E-state index is -4.85. The van der Waals surface area contributed by atoms with E-state index in [9.17, 15) is 27.6 Å². The van der Waals surface area contributed by atoms with Crippen molar-refractivity contribution < 1.29 is 32.3 Å². The monoisotopic (exact) mass is 510 g/mol. The van der Waals surface area contributed by atoms with Gasteiger partial charge in [0.2, 0.25) is 0 Å². The fourth-order valence-electron chi connectivity index (χ4n) is 2.92. The number of benzene rings is 1. The van der Waals surface area contributed by atoms with E-state index in [2.05, 4.69) is 25.6 Å². The first-order valence-corrected chi connectivity index (χ1v) is 10.3. The molecular weight excluding hydrogens is 493 g/mol. The van der Waals surface area contributed by atoms with Crippen LogP contribution in [0.3, 0.4) is 0 Å². The third-order valence-corrected chi connectivity index (χ3v) is 4.78. The lowest BCUT2D eigenvalue weighted by molar-refractivity contribution is -0.141. The Kier molecular flexibility index (Phi) is 7.59. The number of pyridine rings is 1. The topological polar surface area (TPSA) is 127 Å². The molecule has 10 nitrogen and oxygen atoms in total. The Labute approximate surface area is 201 Å². The quantitative estimate of drug-likeness (QED) is 0.447. The van der Waals surface area contributed by atoms with Gasteiger partial charge in [0.1, 0.15) is 5.69 Å². The van der Waals surface area contributed by atoms with Gasteiger partial charge >= 0.3 is 12.3 Å². The zero-order valence-electron chi connectivity index (χ0n) is 18.2. The highest BCUT2D eigenvalue weighted by molar-refractivity contribution is 6.32. The van der Waals surface area contributed by atoms with E-state index in [4.69, 9.17) is 11.6 Å². The highest BCUT2D eigenvalue weighted by Gasteiger charge is 2.36. The van der Waals surface area contributed by atoms with Gasteiger partial charge in [-0.1, -0.05) is 23.7 Å². The van der Waals surface area contributed by atoms with Crippen LogP contribution in [0.5, 0.6) is 0 Å². The average Bonchev–Trinajstić information content (AvgIpc) is 3.25. The molecule has 2 aromatic heterocycles. The number of carbonyl (C=O) groups is 3. The van der Waals surface area contributed by atoms with Gasteiger partial charge in [-0.25, -0.2) is 19.9 Å². The van der Waals surface area contributed by atoms with Crippen molar-refractivity contribution in [2.45, 2.75) is 20.0 Å². The second kappa shape index (κ2) is 10.4. The van der Waals surface area contributed by atoms with Crippen molar-refractivity contribution in [2.75, 3.05) is 11.9 Å². The zero-order valence-corrected chi connectivity index (χ0v) is 19.0. The highest BCUT2D eigenvalue weighted by Crippen LogP contribution is 2.31. The van der Waals surface area contributed by atoms with E-state index in [0.717, 1.165) is 0 Å². The molecule has 0 saturated carbocycles. The Hall–Kier alpha value is -4.13. The van der Waals surface area contributed by atoms with Gasteiger partial charge in [0.15, 0.2) is 11.5 Å². The first-order valence-electron chi connectivity index (χ1n) is 9.95. The number of rotatable bonds is 5. The summed E-state index contributed by atoms with van der Waals surface area (Å²) in [6.07, 6.45) is -4.48. The average molecular weight is 511 g/mol. The van der Waals surface area contributed by atoms with Crippen LogP contribution >= 0.6 is 11.6 Å². The van der Waals surface area contributed by atoms with Crippen molar-refractivity contribution in [3.05, 3.63) is 70.1 Å². The largest absolute Gasteiger partial charge is 0.449 e. The van der Waals surface area contributed by atoms with Crippen LogP contribution in [0.2, 0.25) is 5.02 Å². The number of nitrogens with one attached hydrogen (secondary N) is 3. The van der Waals surface area contributed by atoms with Crippen molar-refractivity contribution in [3.63, 3.8) is 0 Å². The SMILES string of the molecule is CCOC(=O)NNC(=O)c1cccc(C)c1NC(=O)c1cc(C(F)(F)F)nn1-c1ncccc1Cl. The van der Waals surface area contributed by atoms with Gasteiger partial charge in [-0.05, 0) is 37.6 Å². The lowest BCUT2D eigenvalue weighted by atomic mass is 10.1. The molecule has 0 radical (unpaired) electrons. The van der Waals surface area contributed by atoms with Gasteiger partial charge in [-0.3, -0.25) is 15.0 Å². The number of hydrogen-bond donors (Lipinski definition) is 3. The maximum absolute atomic E-state index is 13.4. The second-order valence-corrected chi connectivity index (χ2v) is 7.29. The number of aryl methyl sites for hydroxylation is 1. The van der Waals surface area contributed by atoms with Crippen molar-refractivity contribution in [2.24, 2.45) is 0 Å². The zero-order chi connectivity index (χ0) is 25.8. The Morgan fingerprint density at radius 1 is 1.11 bits per heavy atom. The summed E-state index contributed by atoms with van der Waals surface area (Å²) in [5.41, 5.74) is 2.62. The molecule has 184 valence electrons. The number of hydrazine groups is 1. The van der Waals surface area contributed by atoms with E-state index < -0.39 is 35.5 Å². The number of amides is 3. The lowest BCUT2D eigenvalue weighted by Crippen LogP contribution is -2.42. The molecule has 14 heteroatoms. The Bertz CT molecular complexity index is 1280. The van der Waals surface area contributed by atoms with Crippen LogP contribution in [-0.2, 0) is 10.9 Å². The van der Waals surface area contributed by atoms with Gasteiger partial charge in [-0.15, -0.1) is 0 Å². The number of nitrogens with zero attached hydrogens (tertiary/aromatic N) is 3. The maximum atomic E-state index is 13.4. The Morgan fingerprint density at radius 2 is 1.86 bits per heavy atom. The normalized spacial score (nSPS) is 11.0. The van der Waals surface area contributed by atoms with Crippen LogP contribution in [0.4, 0.5) is 23.7 Å². The number of carbonyl (C=O) groups excluding carboxylic acids is 3. The molecule has 3 N–H and O–H groups in total. The number of para-hydroxylation sites is 1. The van der Waals surface area contributed by atoms with E-state index >= 15 is 0 Å². The smallest absolute Gasteiger partial charge is 0.435 e. The van der Waals surface area contributed by atoms with Crippen molar-refractivity contribution in [3.8, 4) is 5.82 Å². The van der Waals surface area contributed by atoms with Crippen LogP contribution in [0.1, 0.15) is 39.0 Å². The number of anilines is 1. The molecule has 0 fully saturated rings. The van der Waals surface area contributed by atoms with Crippen molar-refractivity contribution >= 4 is 35.2 Å². The first-order chi connectivity index (χ1) is 16.5. The molecule has 0 aliphatic rings. The van der Waals surface area contributed by atoms with Crippen LogP contribution in [0, 0.1) is 6.92 Å². The second-order valence-electron chi connectivity index (χ2n) is 6.88. The molecular formula is C21H18ClF3N6O4. The third kappa shape index (κ3) is 5.87. The van der Waals surface area contributed by atoms with Crippen LogP contribution < -0.4 is 16.2 Å². The van der Waals surface area contributed by atoms with Crippen molar-refractivity contribution in [1.82, 2.24) is 25.6 Å². The van der Waals surface area contributed by atoms with Crippen LogP contribution in [0.15, 0.2) is 42.6 Å². The summed E-state index contributed by atoms with van der Waals surface area (Å²) in [5, 5.41) is 5.86. The van der Waals surface area contributed by atoms with Gasteiger partial charge in [0, 0.05) is 12.3 Å². The molecule has 0 spiro atoms. The summed E-state index contributed by atoms with van der Waals surface area (Å²) < 4.78 is 45.4. The number of halogens is 4. The lowest BCUT2D eigenvalue weighted by Gasteiger charge is -2.15. The predicted octanol–water partition coefficient (Wildman–Crippen LogP) is 3.89. The number of aromatic nitrogens is 3. The van der Waals surface area contributed by atoms with Crippen LogP contribution in [-0.4, -0.2) is 39.3 Å². The van der Waals surface area contributed by atoms with E-state index in [1.165, 1.54) is 30.5 Å². The van der Waals surface area contributed by atoms with Gasteiger partial charge < -0.3 is 10.1 Å². The molecule has 35 heavy (non-hydrogen) atoms. The number of ether oxygens (including phenoxy) is 1.